The highest BCUT2D eigenvalue weighted by atomic mass is 32.2. The predicted molar refractivity (Wildman–Crippen MR) is 71.8 cm³/mol. The van der Waals surface area contributed by atoms with Crippen molar-refractivity contribution in [3.63, 3.8) is 0 Å². The van der Waals surface area contributed by atoms with Crippen LogP contribution in [0.25, 0.3) is 0 Å². The van der Waals surface area contributed by atoms with Crippen molar-refractivity contribution in [2.45, 2.75) is 32.4 Å². The summed E-state index contributed by atoms with van der Waals surface area (Å²) >= 11 is 0. The fourth-order valence-corrected chi connectivity index (χ4v) is 3.08. The van der Waals surface area contributed by atoms with Gasteiger partial charge in [-0.1, -0.05) is 6.07 Å². The minimum absolute atomic E-state index is 0.00288. The van der Waals surface area contributed by atoms with Crippen molar-refractivity contribution >= 4 is 9.84 Å². The molecule has 0 aliphatic rings. The number of nitrogens with one attached hydrogen (secondary N) is 1. The van der Waals surface area contributed by atoms with Crippen LogP contribution in [0.4, 0.5) is 8.78 Å². The third kappa shape index (κ3) is 5.65. The van der Waals surface area contributed by atoms with E-state index in [1.54, 1.807) is 13.8 Å². The molecular formula is C13H19F2NO2S. The molecule has 2 atom stereocenters. The van der Waals surface area contributed by atoms with Gasteiger partial charge in [0.1, 0.15) is 21.5 Å². The Morgan fingerprint density at radius 3 is 2.16 bits per heavy atom. The van der Waals surface area contributed by atoms with Crippen LogP contribution in [0.1, 0.15) is 19.4 Å². The maximum absolute atomic E-state index is 13.5. The number of halogens is 2. The lowest BCUT2D eigenvalue weighted by atomic mass is 10.1. The quantitative estimate of drug-likeness (QED) is 0.871. The van der Waals surface area contributed by atoms with Gasteiger partial charge in [-0.25, -0.2) is 17.2 Å². The lowest BCUT2D eigenvalue weighted by Gasteiger charge is -2.19. The molecule has 0 fully saturated rings. The van der Waals surface area contributed by atoms with E-state index in [-0.39, 0.29) is 29.8 Å². The molecule has 0 saturated carbocycles. The van der Waals surface area contributed by atoms with Crippen molar-refractivity contribution in [3.05, 3.63) is 35.4 Å². The molecule has 0 aromatic heterocycles. The molecule has 2 unspecified atom stereocenters. The van der Waals surface area contributed by atoms with E-state index in [0.29, 0.717) is 0 Å². The van der Waals surface area contributed by atoms with Crippen molar-refractivity contribution in [2.24, 2.45) is 0 Å². The molecule has 0 amide bonds. The van der Waals surface area contributed by atoms with E-state index in [1.807, 2.05) is 0 Å². The van der Waals surface area contributed by atoms with Gasteiger partial charge in [0.2, 0.25) is 0 Å². The van der Waals surface area contributed by atoms with Crippen LogP contribution in [-0.2, 0) is 16.3 Å². The summed E-state index contributed by atoms with van der Waals surface area (Å²) in [5.74, 6) is -1.16. The molecule has 1 N–H and O–H groups in total. The summed E-state index contributed by atoms with van der Waals surface area (Å²) in [6.07, 6.45) is 1.33. The van der Waals surface area contributed by atoms with Gasteiger partial charge in [0.25, 0.3) is 0 Å². The monoisotopic (exact) mass is 291 g/mol. The molecule has 0 aliphatic heterocycles. The molecule has 6 heteroatoms. The van der Waals surface area contributed by atoms with E-state index in [4.69, 9.17) is 0 Å². The van der Waals surface area contributed by atoms with Crippen LogP contribution in [0.3, 0.4) is 0 Å². The minimum atomic E-state index is -3.07. The number of hydrogen-bond donors (Lipinski definition) is 1. The Bertz CT molecular complexity index is 511. The Labute approximate surface area is 112 Å². The second-order valence-corrected chi connectivity index (χ2v) is 7.15. The van der Waals surface area contributed by atoms with Crippen LogP contribution in [-0.4, -0.2) is 32.5 Å². The largest absolute Gasteiger partial charge is 0.310 e. The fraction of sp³-hybridized carbons (Fsp3) is 0.538. The molecule has 108 valence electrons. The number of benzene rings is 1. The Balaban J connectivity index is 2.63. The first-order valence-electron chi connectivity index (χ1n) is 6.05. The third-order valence-corrected chi connectivity index (χ3v) is 3.80. The zero-order valence-electron chi connectivity index (χ0n) is 11.3. The molecule has 0 aliphatic carbocycles. The summed E-state index contributed by atoms with van der Waals surface area (Å²) in [5.41, 5.74) is 0.0223. The van der Waals surface area contributed by atoms with Gasteiger partial charge in [0.15, 0.2) is 0 Å². The Morgan fingerprint density at radius 2 is 1.68 bits per heavy atom. The SMILES string of the molecule is CC(Cc1c(F)cccc1F)NC(C)CS(C)(=O)=O. The first-order chi connectivity index (χ1) is 8.69. The first kappa shape index (κ1) is 16.0. The maximum Gasteiger partial charge on any atom is 0.148 e. The van der Waals surface area contributed by atoms with E-state index in [2.05, 4.69) is 5.32 Å². The van der Waals surface area contributed by atoms with E-state index >= 15 is 0 Å². The van der Waals surface area contributed by atoms with Crippen molar-refractivity contribution in [1.29, 1.82) is 0 Å². The van der Waals surface area contributed by atoms with Crippen molar-refractivity contribution in [1.82, 2.24) is 5.32 Å². The molecule has 0 radical (unpaired) electrons. The van der Waals surface area contributed by atoms with E-state index in [0.717, 1.165) is 6.26 Å². The standard InChI is InChI=1S/C13H19F2NO2S/c1-9(16-10(2)8-19(3,17)18)7-11-12(14)5-4-6-13(11)15/h4-6,9-10,16H,7-8H2,1-3H3. The van der Waals surface area contributed by atoms with Crippen molar-refractivity contribution in [2.75, 3.05) is 12.0 Å². The van der Waals surface area contributed by atoms with Gasteiger partial charge in [-0.2, -0.15) is 0 Å². The van der Waals surface area contributed by atoms with Crippen LogP contribution < -0.4 is 5.32 Å². The number of hydrogen-bond acceptors (Lipinski definition) is 3. The zero-order chi connectivity index (χ0) is 14.6. The van der Waals surface area contributed by atoms with Crippen LogP contribution >= 0.6 is 0 Å². The summed E-state index contributed by atoms with van der Waals surface area (Å²) in [6.45, 7) is 3.50. The molecule has 3 nitrogen and oxygen atoms in total. The lowest BCUT2D eigenvalue weighted by molar-refractivity contribution is 0.463. The molecule has 0 heterocycles. The summed E-state index contributed by atoms with van der Waals surface area (Å²) in [7, 11) is -3.07. The van der Waals surface area contributed by atoms with E-state index in [9.17, 15) is 17.2 Å². The minimum Gasteiger partial charge on any atom is -0.310 e. The number of rotatable bonds is 6. The van der Waals surface area contributed by atoms with Crippen molar-refractivity contribution < 1.29 is 17.2 Å². The highest BCUT2D eigenvalue weighted by Gasteiger charge is 2.16. The number of sulfone groups is 1. The van der Waals surface area contributed by atoms with Crippen LogP contribution in [0.15, 0.2) is 18.2 Å². The average Bonchev–Trinajstić information content (AvgIpc) is 2.20. The second kappa shape index (κ2) is 6.43. The molecule has 0 saturated heterocycles. The molecule has 0 spiro atoms. The smallest absolute Gasteiger partial charge is 0.148 e. The Hall–Kier alpha value is -1.01. The maximum atomic E-state index is 13.5. The summed E-state index contributed by atoms with van der Waals surface area (Å²) < 4.78 is 49.2. The molecule has 0 bridgehead atoms. The zero-order valence-corrected chi connectivity index (χ0v) is 12.1. The van der Waals surface area contributed by atoms with Crippen LogP contribution in [0.2, 0.25) is 0 Å². The molecule has 1 aromatic rings. The van der Waals surface area contributed by atoms with Gasteiger partial charge < -0.3 is 5.32 Å². The van der Waals surface area contributed by atoms with Gasteiger partial charge in [0, 0.05) is 23.9 Å². The second-order valence-electron chi connectivity index (χ2n) is 4.97. The van der Waals surface area contributed by atoms with E-state index in [1.165, 1.54) is 18.2 Å². The Morgan fingerprint density at radius 1 is 1.16 bits per heavy atom. The lowest BCUT2D eigenvalue weighted by Crippen LogP contribution is -2.40. The van der Waals surface area contributed by atoms with Gasteiger partial charge in [0.05, 0.1) is 5.75 Å². The molecule has 1 rings (SSSR count). The summed E-state index contributed by atoms with van der Waals surface area (Å²) in [4.78, 5) is 0. The molecule has 1 aromatic carbocycles. The highest BCUT2D eigenvalue weighted by Crippen LogP contribution is 2.14. The van der Waals surface area contributed by atoms with E-state index < -0.39 is 21.5 Å². The van der Waals surface area contributed by atoms with Crippen molar-refractivity contribution in [3.8, 4) is 0 Å². The van der Waals surface area contributed by atoms with Crippen LogP contribution in [0.5, 0.6) is 0 Å². The highest BCUT2D eigenvalue weighted by molar-refractivity contribution is 7.90. The third-order valence-electron chi connectivity index (χ3n) is 2.69. The average molecular weight is 291 g/mol. The van der Waals surface area contributed by atoms with Crippen LogP contribution in [0, 0.1) is 11.6 Å². The van der Waals surface area contributed by atoms with Gasteiger partial charge in [-0.15, -0.1) is 0 Å². The predicted octanol–water partition coefficient (Wildman–Crippen LogP) is 1.92. The van der Waals surface area contributed by atoms with Gasteiger partial charge in [-0.3, -0.25) is 0 Å². The summed E-state index contributed by atoms with van der Waals surface area (Å²) in [5, 5.41) is 3.03. The first-order valence-corrected chi connectivity index (χ1v) is 8.11. The Kier molecular flexibility index (Phi) is 5.43. The normalized spacial score (nSPS) is 15.2. The fourth-order valence-electron chi connectivity index (χ4n) is 2.08. The molecular weight excluding hydrogens is 272 g/mol. The summed E-state index contributed by atoms with van der Waals surface area (Å²) in [6, 6.07) is 3.26. The van der Waals surface area contributed by atoms with Gasteiger partial charge in [-0.05, 0) is 32.4 Å². The molecule has 19 heavy (non-hydrogen) atoms. The topological polar surface area (TPSA) is 46.2 Å². The van der Waals surface area contributed by atoms with Gasteiger partial charge >= 0.3 is 0 Å².